The molecule has 1 aromatic rings. The molecule has 0 saturated heterocycles. The Morgan fingerprint density at radius 2 is 1.48 bits per heavy atom. The lowest BCUT2D eigenvalue weighted by molar-refractivity contribution is -0.134. The van der Waals surface area contributed by atoms with E-state index in [0.29, 0.717) is 12.1 Å². The number of ether oxygens (including phenoxy) is 2. The Morgan fingerprint density at radius 3 is 2.12 bits per heavy atom. The third kappa shape index (κ3) is 8.33. The number of carbonyl (C=O) groups excluding carboxylic acids is 3. The van der Waals surface area contributed by atoms with E-state index in [9.17, 15) is 14.4 Å². The monoisotopic (exact) mass is 349 g/mol. The first-order valence-electron chi connectivity index (χ1n) is 8.73. The van der Waals surface area contributed by atoms with Crippen LogP contribution in [0, 0.1) is 0 Å². The molecule has 0 spiro atoms. The van der Waals surface area contributed by atoms with Crippen molar-refractivity contribution >= 4 is 17.8 Å². The lowest BCUT2D eigenvalue weighted by Crippen LogP contribution is -2.24. The number of hydrogen-bond donors (Lipinski definition) is 1. The van der Waals surface area contributed by atoms with Gasteiger partial charge in [0.05, 0.1) is 0 Å². The minimum absolute atomic E-state index is 0.0508. The normalized spacial score (nSPS) is 10.2. The first-order valence-corrected chi connectivity index (χ1v) is 8.73. The molecule has 138 valence electrons. The van der Waals surface area contributed by atoms with Gasteiger partial charge in [0, 0.05) is 26.0 Å². The van der Waals surface area contributed by atoms with Gasteiger partial charge in [0.1, 0.15) is 0 Å². The van der Waals surface area contributed by atoms with E-state index in [-0.39, 0.29) is 17.4 Å². The molecular weight excluding hydrogens is 322 g/mol. The van der Waals surface area contributed by atoms with Crippen LogP contribution in [0.25, 0.3) is 0 Å². The highest BCUT2D eigenvalue weighted by molar-refractivity contribution is 5.95. The molecule has 0 saturated carbocycles. The highest BCUT2D eigenvalue weighted by atomic mass is 16.6. The molecule has 0 aliphatic heterocycles. The van der Waals surface area contributed by atoms with Crippen LogP contribution in [-0.2, 0) is 9.59 Å². The summed E-state index contributed by atoms with van der Waals surface area (Å²) in [7, 11) is 0. The molecule has 1 amide bonds. The molecule has 0 aromatic heterocycles. The molecular formula is C19H27NO5. The number of carbonyl (C=O) groups is 3. The lowest BCUT2D eigenvalue weighted by Gasteiger charge is -2.11. The van der Waals surface area contributed by atoms with Gasteiger partial charge in [-0.05, 0) is 24.6 Å². The van der Waals surface area contributed by atoms with E-state index in [0.717, 1.165) is 12.8 Å². The van der Waals surface area contributed by atoms with Gasteiger partial charge < -0.3 is 14.8 Å². The summed E-state index contributed by atoms with van der Waals surface area (Å²) in [6.45, 7) is 5.26. The molecule has 1 aromatic carbocycles. The maximum Gasteiger partial charge on any atom is 0.308 e. The predicted molar refractivity (Wildman–Crippen MR) is 94.8 cm³/mol. The van der Waals surface area contributed by atoms with E-state index in [4.69, 9.17) is 9.47 Å². The number of rotatable bonds is 10. The smallest absolute Gasteiger partial charge is 0.308 e. The van der Waals surface area contributed by atoms with Crippen LogP contribution in [0.15, 0.2) is 18.2 Å². The Hall–Kier alpha value is -2.37. The Morgan fingerprint density at radius 1 is 0.880 bits per heavy atom. The summed E-state index contributed by atoms with van der Waals surface area (Å²) in [6.07, 6.45) is 6.89. The van der Waals surface area contributed by atoms with E-state index < -0.39 is 11.9 Å². The van der Waals surface area contributed by atoms with Gasteiger partial charge in [-0.3, -0.25) is 14.4 Å². The summed E-state index contributed by atoms with van der Waals surface area (Å²) >= 11 is 0. The largest absolute Gasteiger partial charge is 0.423 e. The van der Waals surface area contributed by atoms with E-state index >= 15 is 0 Å². The van der Waals surface area contributed by atoms with Crippen LogP contribution in [0.4, 0.5) is 0 Å². The number of nitrogens with one attached hydrogen (secondary N) is 1. The predicted octanol–water partition coefficient (Wildman–Crippen LogP) is 3.63. The minimum Gasteiger partial charge on any atom is -0.423 e. The molecule has 0 aliphatic rings. The molecule has 6 nitrogen and oxygen atoms in total. The maximum atomic E-state index is 12.2. The number of esters is 2. The molecule has 0 atom stereocenters. The molecule has 0 radical (unpaired) electrons. The van der Waals surface area contributed by atoms with E-state index in [1.807, 2.05) is 0 Å². The number of unbranched alkanes of at least 4 members (excludes halogenated alkanes) is 5. The second-order valence-corrected chi connectivity index (χ2v) is 5.87. The average Bonchev–Trinajstić information content (AvgIpc) is 2.54. The highest BCUT2D eigenvalue weighted by Gasteiger charge is 2.14. The molecule has 1 N–H and O–H groups in total. The third-order valence-corrected chi connectivity index (χ3v) is 3.53. The molecule has 0 heterocycles. The summed E-state index contributed by atoms with van der Waals surface area (Å²) in [6, 6.07) is 4.37. The Kier molecular flexibility index (Phi) is 9.29. The van der Waals surface area contributed by atoms with Gasteiger partial charge in [0.15, 0.2) is 11.5 Å². The molecule has 1 rings (SSSR count). The van der Waals surface area contributed by atoms with Gasteiger partial charge in [0.2, 0.25) is 0 Å². The number of benzene rings is 1. The van der Waals surface area contributed by atoms with E-state index in [2.05, 4.69) is 12.2 Å². The Balaban J connectivity index is 2.59. The highest BCUT2D eigenvalue weighted by Crippen LogP contribution is 2.28. The van der Waals surface area contributed by atoms with E-state index in [1.165, 1.54) is 57.7 Å². The van der Waals surface area contributed by atoms with Gasteiger partial charge in [-0.1, -0.05) is 39.0 Å². The second-order valence-electron chi connectivity index (χ2n) is 5.87. The van der Waals surface area contributed by atoms with Gasteiger partial charge in [0.25, 0.3) is 5.91 Å². The van der Waals surface area contributed by atoms with Gasteiger partial charge in [-0.15, -0.1) is 0 Å². The summed E-state index contributed by atoms with van der Waals surface area (Å²) in [5.41, 5.74) is 0.345. The van der Waals surface area contributed by atoms with Crippen LogP contribution >= 0.6 is 0 Å². The Labute approximate surface area is 148 Å². The molecule has 0 bridgehead atoms. The zero-order valence-corrected chi connectivity index (χ0v) is 15.2. The van der Waals surface area contributed by atoms with Crippen LogP contribution in [0.1, 0.15) is 69.7 Å². The fourth-order valence-corrected chi connectivity index (χ4v) is 2.33. The topological polar surface area (TPSA) is 81.7 Å². The molecule has 0 fully saturated rings. The van der Waals surface area contributed by atoms with Gasteiger partial charge in [-0.2, -0.15) is 0 Å². The van der Waals surface area contributed by atoms with Crippen LogP contribution in [0.3, 0.4) is 0 Å². The van der Waals surface area contributed by atoms with Crippen molar-refractivity contribution < 1.29 is 23.9 Å². The van der Waals surface area contributed by atoms with Crippen LogP contribution in [-0.4, -0.2) is 24.4 Å². The third-order valence-electron chi connectivity index (χ3n) is 3.53. The first kappa shape index (κ1) is 20.7. The van der Waals surface area contributed by atoms with E-state index in [1.54, 1.807) is 0 Å². The summed E-state index contributed by atoms with van der Waals surface area (Å²) in [4.78, 5) is 34.5. The summed E-state index contributed by atoms with van der Waals surface area (Å²) in [5, 5.41) is 2.84. The standard InChI is InChI=1S/C19H27NO5/c1-4-5-6-7-8-9-12-20-19(23)16-10-11-17(24-14(2)21)18(13-16)25-15(3)22/h10-11,13H,4-9,12H2,1-3H3,(H,20,23). The van der Waals surface area contributed by atoms with Crippen molar-refractivity contribution in [2.24, 2.45) is 0 Å². The zero-order valence-electron chi connectivity index (χ0n) is 15.2. The summed E-state index contributed by atoms with van der Waals surface area (Å²) < 4.78 is 10.00. The van der Waals surface area contributed by atoms with Crippen LogP contribution in [0.5, 0.6) is 11.5 Å². The van der Waals surface area contributed by atoms with Crippen molar-refractivity contribution in [2.45, 2.75) is 59.3 Å². The van der Waals surface area contributed by atoms with Crippen molar-refractivity contribution in [1.29, 1.82) is 0 Å². The second kappa shape index (κ2) is 11.2. The van der Waals surface area contributed by atoms with Gasteiger partial charge in [-0.25, -0.2) is 0 Å². The van der Waals surface area contributed by atoms with Crippen molar-refractivity contribution in [3.05, 3.63) is 23.8 Å². The minimum atomic E-state index is -0.557. The Bertz CT molecular complexity index is 597. The fraction of sp³-hybridized carbons (Fsp3) is 0.526. The SMILES string of the molecule is CCCCCCCCNC(=O)c1ccc(OC(C)=O)c(OC(C)=O)c1. The molecule has 6 heteroatoms. The van der Waals surface area contributed by atoms with Crippen molar-refractivity contribution in [1.82, 2.24) is 5.32 Å². The van der Waals surface area contributed by atoms with Crippen LogP contribution < -0.4 is 14.8 Å². The maximum absolute atomic E-state index is 12.2. The molecule has 25 heavy (non-hydrogen) atoms. The quantitative estimate of drug-likeness (QED) is 0.396. The zero-order chi connectivity index (χ0) is 18.7. The molecule has 0 aliphatic carbocycles. The number of hydrogen-bond acceptors (Lipinski definition) is 5. The number of amides is 1. The summed E-state index contributed by atoms with van der Waals surface area (Å²) in [5.74, 6) is -1.19. The average molecular weight is 349 g/mol. The van der Waals surface area contributed by atoms with Gasteiger partial charge >= 0.3 is 11.9 Å². The lowest BCUT2D eigenvalue weighted by atomic mass is 10.1. The first-order chi connectivity index (χ1) is 11.9. The molecule has 0 unspecified atom stereocenters. The van der Waals surface area contributed by atoms with Crippen molar-refractivity contribution in [2.75, 3.05) is 6.54 Å². The van der Waals surface area contributed by atoms with Crippen molar-refractivity contribution in [3.63, 3.8) is 0 Å². The van der Waals surface area contributed by atoms with Crippen molar-refractivity contribution in [3.8, 4) is 11.5 Å². The van der Waals surface area contributed by atoms with Crippen LogP contribution in [0.2, 0.25) is 0 Å². The fourth-order valence-electron chi connectivity index (χ4n) is 2.33.